The minimum absolute atomic E-state index is 0.0573. The maximum absolute atomic E-state index is 11.5. The van der Waals surface area contributed by atoms with Gasteiger partial charge in [-0.25, -0.2) is 5.01 Å². The Morgan fingerprint density at radius 2 is 2.08 bits per heavy atom. The molecule has 0 aliphatic carbocycles. The van der Waals surface area contributed by atoms with Gasteiger partial charge in [0.25, 0.3) is 5.91 Å². The molecule has 0 aromatic carbocycles. The van der Waals surface area contributed by atoms with Gasteiger partial charge in [-0.1, -0.05) is 6.08 Å². The third-order valence-corrected chi connectivity index (χ3v) is 2.00. The molecular formula is C9H10N2O. The number of carbonyl (C=O) groups is 1. The zero-order valence-corrected chi connectivity index (χ0v) is 6.90. The Kier molecular flexibility index (Phi) is 1.50. The normalized spacial score (nSPS) is 21.1. The molecule has 0 spiro atoms. The predicted octanol–water partition coefficient (Wildman–Crippen LogP) is 1.03. The molecular weight excluding hydrogens is 152 g/mol. The van der Waals surface area contributed by atoms with E-state index >= 15 is 0 Å². The second-order valence-electron chi connectivity index (χ2n) is 2.84. The van der Waals surface area contributed by atoms with Gasteiger partial charge in [-0.2, -0.15) is 0 Å². The molecule has 0 bridgehead atoms. The van der Waals surface area contributed by atoms with Gasteiger partial charge in [0.1, 0.15) is 0 Å². The van der Waals surface area contributed by atoms with Crippen molar-refractivity contribution in [2.24, 2.45) is 0 Å². The second-order valence-corrected chi connectivity index (χ2v) is 2.84. The first-order valence-corrected chi connectivity index (χ1v) is 3.91. The Balaban J connectivity index is 2.33. The van der Waals surface area contributed by atoms with Crippen molar-refractivity contribution in [3.05, 3.63) is 36.2 Å². The molecule has 3 heteroatoms. The van der Waals surface area contributed by atoms with Gasteiger partial charge in [0.05, 0.1) is 6.54 Å². The molecule has 62 valence electrons. The van der Waals surface area contributed by atoms with E-state index in [0.29, 0.717) is 0 Å². The topological polar surface area (TPSA) is 23.6 Å². The zero-order chi connectivity index (χ0) is 8.55. The number of allylic oxidation sites excluding steroid dienone is 2. The van der Waals surface area contributed by atoms with E-state index in [1.807, 2.05) is 36.4 Å². The summed E-state index contributed by atoms with van der Waals surface area (Å²) >= 11 is 0. The van der Waals surface area contributed by atoms with Gasteiger partial charge < -0.3 is 0 Å². The smallest absolute Gasteiger partial charge is 0.271 e. The van der Waals surface area contributed by atoms with E-state index in [2.05, 4.69) is 0 Å². The molecule has 3 nitrogen and oxygen atoms in total. The highest BCUT2D eigenvalue weighted by Gasteiger charge is 2.22. The van der Waals surface area contributed by atoms with E-state index in [0.717, 1.165) is 12.1 Å². The van der Waals surface area contributed by atoms with Crippen molar-refractivity contribution in [2.45, 2.75) is 6.92 Å². The zero-order valence-electron chi connectivity index (χ0n) is 6.90. The van der Waals surface area contributed by atoms with E-state index in [1.165, 1.54) is 0 Å². The van der Waals surface area contributed by atoms with Gasteiger partial charge in [-0.05, 0) is 19.1 Å². The van der Waals surface area contributed by atoms with Crippen LogP contribution in [0.1, 0.15) is 6.92 Å². The second kappa shape index (κ2) is 2.52. The van der Waals surface area contributed by atoms with Gasteiger partial charge >= 0.3 is 0 Å². The van der Waals surface area contributed by atoms with Crippen molar-refractivity contribution >= 4 is 5.91 Å². The average Bonchev–Trinajstić information content (AvgIpc) is 2.12. The summed E-state index contributed by atoms with van der Waals surface area (Å²) < 4.78 is 0. The van der Waals surface area contributed by atoms with E-state index < -0.39 is 0 Å². The van der Waals surface area contributed by atoms with E-state index in [-0.39, 0.29) is 5.91 Å². The molecule has 0 atom stereocenters. The summed E-state index contributed by atoms with van der Waals surface area (Å²) in [6, 6.07) is 0. The number of fused-ring (bicyclic) bond motifs is 1. The van der Waals surface area contributed by atoms with E-state index in [4.69, 9.17) is 0 Å². The Morgan fingerprint density at radius 3 is 2.92 bits per heavy atom. The van der Waals surface area contributed by atoms with Crippen LogP contribution in [0.25, 0.3) is 0 Å². The number of amides is 1. The first-order chi connectivity index (χ1) is 5.79. The molecule has 0 saturated carbocycles. The highest BCUT2D eigenvalue weighted by molar-refractivity contribution is 5.94. The summed E-state index contributed by atoms with van der Waals surface area (Å²) in [7, 11) is 0. The molecule has 0 radical (unpaired) electrons. The fourth-order valence-electron chi connectivity index (χ4n) is 1.27. The molecule has 0 N–H and O–H groups in total. The SMILES string of the molecule is CC1=CCN2C=CC=CN2C1=O. The van der Waals surface area contributed by atoms with Crippen LogP contribution in [0.15, 0.2) is 36.2 Å². The molecule has 12 heavy (non-hydrogen) atoms. The molecule has 2 rings (SSSR count). The number of carbonyl (C=O) groups excluding carboxylic acids is 1. The molecule has 0 unspecified atom stereocenters. The molecule has 2 aliphatic rings. The summed E-state index contributed by atoms with van der Waals surface area (Å²) in [6.07, 6.45) is 9.37. The van der Waals surface area contributed by atoms with Crippen molar-refractivity contribution in [1.82, 2.24) is 10.0 Å². The lowest BCUT2D eigenvalue weighted by molar-refractivity contribution is -0.135. The van der Waals surface area contributed by atoms with E-state index in [9.17, 15) is 4.79 Å². The van der Waals surface area contributed by atoms with Crippen molar-refractivity contribution in [1.29, 1.82) is 0 Å². The van der Waals surface area contributed by atoms with Crippen LogP contribution >= 0.6 is 0 Å². The quantitative estimate of drug-likeness (QED) is 0.531. The van der Waals surface area contributed by atoms with Gasteiger partial charge in [-0.3, -0.25) is 9.80 Å². The van der Waals surface area contributed by atoms with Crippen molar-refractivity contribution in [3.63, 3.8) is 0 Å². The van der Waals surface area contributed by atoms with Gasteiger partial charge in [-0.15, -0.1) is 0 Å². The average molecular weight is 162 g/mol. The maximum atomic E-state index is 11.5. The fraction of sp³-hybridized carbons (Fsp3) is 0.222. The van der Waals surface area contributed by atoms with Crippen LogP contribution in [0, 0.1) is 0 Å². The molecule has 2 aliphatic heterocycles. The van der Waals surface area contributed by atoms with Gasteiger partial charge in [0.2, 0.25) is 0 Å². The fourth-order valence-corrected chi connectivity index (χ4v) is 1.27. The number of nitrogens with zero attached hydrogens (tertiary/aromatic N) is 2. The highest BCUT2D eigenvalue weighted by Crippen LogP contribution is 2.15. The predicted molar refractivity (Wildman–Crippen MR) is 45.6 cm³/mol. The number of rotatable bonds is 0. The summed E-state index contributed by atoms with van der Waals surface area (Å²) in [6.45, 7) is 2.62. The van der Waals surface area contributed by atoms with Crippen LogP contribution in [-0.2, 0) is 4.79 Å². The Hall–Kier alpha value is -1.51. The van der Waals surface area contributed by atoms with Gasteiger partial charge in [0, 0.05) is 18.0 Å². The molecule has 1 amide bonds. The number of hydrogen-bond donors (Lipinski definition) is 0. The highest BCUT2D eigenvalue weighted by atomic mass is 16.2. The lowest BCUT2D eigenvalue weighted by atomic mass is 10.2. The maximum Gasteiger partial charge on any atom is 0.271 e. The number of hydrazine groups is 1. The molecule has 2 heterocycles. The monoisotopic (exact) mass is 162 g/mol. The van der Waals surface area contributed by atoms with Crippen LogP contribution in [-0.4, -0.2) is 22.5 Å². The summed E-state index contributed by atoms with van der Waals surface area (Å²) in [5.74, 6) is 0.0573. The Labute approximate surface area is 71.2 Å². The van der Waals surface area contributed by atoms with Gasteiger partial charge in [0.15, 0.2) is 0 Å². The van der Waals surface area contributed by atoms with Crippen LogP contribution in [0.2, 0.25) is 0 Å². The van der Waals surface area contributed by atoms with Crippen LogP contribution < -0.4 is 0 Å². The van der Waals surface area contributed by atoms with Crippen LogP contribution in [0.4, 0.5) is 0 Å². The van der Waals surface area contributed by atoms with Crippen LogP contribution in [0.3, 0.4) is 0 Å². The Bertz CT molecular complexity index is 302. The van der Waals surface area contributed by atoms with Crippen LogP contribution in [0.5, 0.6) is 0 Å². The number of hydrogen-bond acceptors (Lipinski definition) is 2. The molecule has 0 aromatic heterocycles. The molecule has 0 aromatic rings. The Morgan fingerprint density at radius 1 is 1.33 bits per heavy atom. The summed E-state index contributed by atoms with van der Waals surface area (Å²) in [5.41, 5.74) is 0.811. The lowest BCUT2D eigenvalue weighted by Gasteiger charge is -2.35. The largest absolute Gasteiger partial charge is 0.282 e. The van der Waals surface area contributed by atoms with Crippen molar-refractivity contribution in [2.75, 3.05) is 6.54 Å². The third-order valence-electron chi connectivity index (χ3n) is 2.00. The van der Waals surface area contributed by atoms with E-state index in [1.54, 1.807) is 11.2 Å². The minimum Gasteiger partial charge on any atom is -0.282 e. The summed E-state index contributed by atoms with van der Waals surface area (Å²) in [5, 5.41) is 3.49. The lowest BCUT2D eigenvalue weighted by Crippen LogP contribution is -2.44. The van der Waals surface area contributed by atoms with Crippen molar-refractivity contribution in [3.8, 4) is 0 Å². The first kappa shape index (κ1) is 7.16. The van der Waals surface area contributed by atoms with Crippen molar-refractivity contribution < 1.29 is 4.79 Å². The minimum atomic E-state index is 0.0573. The molecule has 0 fully saturated rings. The third kappa shape index (κ3) is 0.942. The first-order valence-electron chi connectivity index (χ1n) is 3.91. The standard InChI is InChI=1S/C9H10N2O/c1-8-4-7-10-5-2-3-6-11(10)9(8)12/h2-6H,7H2,1H3. The summed E-state index contributed by atoms with van der Waals surface area (Å²) in [4.78, 5) is 11.5. The molecule has 0 saturated heterocycles.